The molecular formula is C17H23N3O4S. The molecule has 0 spiro atoms. The molecule has 0 saturated carbocycles. The Morgan fingerprint density at radius 3 is 2.80 bits per heavy atom. The van der Waals surface area contributed by atoms with Crippen molar-refractivity contribution in [2.45, 2.75) is 25.8 Å². The van der Waals surface area contributed by atoms with Crippen molar-refractivity contribution in [3.05, 3.63) is 42.0 Å². The second-order valence-corrected chi connectivity index (χ2v) is 8.67. The Labute approximate surface area is 148 Å². The summed E-state index contributed by atoms with van der Waals surface area (Å²) in [5, 5.41) is 0. The van der Waals surface area contributed by atoms with E-state index in [1.807, 2.05) is 29.0 Å². The summed E-state index contributed by atoms with van der Waals surface area (Å²) in [4.78, 5) is 4.43. The number of sulfonamides is 1. The van der Waals surface area contributed by atoms with E-state index >= 15 is 0 Å². The second-order valence-electron chi connectivity index (χ2n) is 6.37. The molecule has 1 aromatic heterocycles. The van der Waals surface area contributed by atoms with Crippen LogP contribution in [0.25, 0.3) is 0 Å². The average molecular weight is 365 g/mol. The zero-order chi connectivity index (χ0) is 18.0. The third kappa shape index (κ3) is 3.96. The van der Waals surface area contributed by atoms with Gasteiger partial charge in [-0.25, -0.2) is 17.7 Å². The van der Waals surface area contributed by atoms with Crippen LogP contribution in [0, 0.1) is 0 Å². The first kappa shape index (κ1) is 17.8. The summed E-state index contributed by atoms with van der Waals surface area (Å²) >= 11 is 0. The molecule has 2 heterocycles. The van der Waals surface area contributed by atoms with Gasteiger partial charge >= 0.3 is 0 Å². The van der Waals surface area contributed by atoms with Crippen LogP contribution in [-0.2, 0) is 23.0 Å². The number of aryl methyl sites for hydroxylation is 1. The van der Waals surface area contributed by atoms with Crippen LogP contribution in [0.4, 0.5) is 0 Å². The van der Waals surface area contributed by atoms with Crippen molar-refractivity contribution in [1.29, 1.82) is 0 Å². The van der Waals surface area contributed by atoms with Gasteiger partial charge in [0.25, 0.3) is 0 Å². The number of benzene rings is 1. The summed E-state index contributed by atoms with van der Waals surface area (Å²) in [5.74, 6) is 2.63. The normalized spacial score (nSPS) is 14.9. The molecule has 8 heteroatoms. The fourth-order valence-corrected chi connectivity index (χ4v) is 3.64. The van der Waals surface area contributed by atoms with Gasteiger partial charge in [0.05, 0.1) is 5.75 Å². The molecule has 0 unspecified atom stereocenters. The Hall–Kier alpha value is -2.06. The molecule has 0 radical (unpaired) electrons. The van der Waals surface area contributed by atoms with Gasteiger partial charge in [-0.3, -0.25) is 0 Å². The monoisotopic (exact) mass is 365 g/mol. The molecule has 7 nitrogen and oxygen atoms in total. The molecule has 1 aromatic carbocycles. The van der Waals surface area contributed by atoms with Gasteiger partial charge in [-0.15, -0.1) is 0 Å². The molecule has 1 aliphatic rings. The maximum absolute atomic E-state index is 12.0. The lowest BCUT2D eigenvalue weighted by molar-refractivity contribution is 0.174. The van der Waals surface area contributed by atoms with Gasteiger partial charge in [0.1, 0.15) is 5.82 Å². The molecule has 136 valence electrons. The minimum Gasteiger partial charge on any atom is -0.454 e. The van der Waals surface area contributed by atoms with Crippen LogP contribution in [0.15, 0.2) is 30.6 Å². The number of imidazole rings is 1. The number of hydrogen-bond acceptors (Lipinski definition) is 5. The van der Waals surface area contributed by atoms with E-state index in [0.29, 0.717) is 6.54 Å². The Kier molecular flexibility index (Phi) is 5.01. The maximum atomic E-state index is 12.0. The summed E-state index contributed by atoms with van der Waals surface area (Å²) in [6, 6.07) is 5.93. The number of ether oxygens (including phenoxy) is 2. The van der Waals surface area contributed by atoms with Crippen LogP contribution in [0.2, 0.25) is 0 Å². The van der Waals surface area contributed by atoms with Crippen molar-refractivity contribution in [2.75, 3.05) is 26.6 Å². The first-order chi connectivity index (χ1) is 11.9. The number of rotatable bonds is 7. The van der Waals surface area contributed by atoms with E-state index in [1.54, 1.807) is 20.3 Å². The molecule has 0 bridgehead atoms. The van der Waals surface area contributed by atoms with E-state index in [2.05, 4.69) is 11.9 Å². The predicted molar refractivity (Wildman–Crippen MR) is 94.4 cm³/mol. The lowest BCUT2D eigenvalue weighted by Gasteiger charge is -2.16. The molecule has 0 fully saturated rings. The Morgan fingerprint density at radius 2 is 2.04 bits per heavy atom. The Bertz CT molecular complexity index is 845. The second kappa shape index (κ2) is 7.05. The van der Waals surface area contributed by atoms with Crippen LogP contribution in [-0.4, -0.2) is 48.9 Å². The van der Waals surface area contributed by atoms with Gasteiger partial charge < -0.3 is 14.0 Å². The highest BCUT2D eigenvalue weighted by Gasteiger charge is 2.19. The molecule has 0 N–H and O–H groups in total. The Balaban J connectivity index is 1.69. The van der Waals surface area contributed by atoms with Crippen molar-refractivity contribution in [3.8, 4) is 11.5 Å². The number of hydrogen-bond donors (Lipinski definition) is 0. The highest BCUT2D eigenvalue weighted by atomic mass is 32.2. The quantitative estimate of drug-likeness (QED) is 0.749. The largest absolute Gasteiger partial charge is 0.454 e. The molecule has 1 atom stereocenters. The Morgan fingerprint density at radius 1 is 1.28 bits per heavy atom. The van der Waals surface area contributed by atoms with E-state index < -0.39 is 10.0 Å². The van der Waals surface area contributed by atoms with Crippen molar-refractivity contribution in [3.63, 3.8) is 0 Å². The lowest BCUT2D eigenvalue weighted by atomic mass is 10.00. The molecule has 1 aliphatic heterocycles. The zero-order valence-electron chi connectivity index (χ0n) is 14.7. The molecule has 3 rings (SSSR count). The first-order valence-corrected chi connectivity index (χ1v) is 9.77. The smallest absolute Gasteiger partial charge is 0.231 e. The van der Waals surface area contributed by atoms with Gasteiger partial charge in [0.15, 0.2) is 11.5 Å². The van der Waals surface area contributed by atoms with E-state index in [9.17, 15) is 8.42 Å². The zero-order valence-corrected chi connectivity index (χ0v) is 15.5. The van der Waals surface area contributed by atoms with Crippen LogP contribution in [0.3, 0.4) is 0 Å². The topological polar surface area (TPSA) is 73.7 Å². The minimum absolute atomic E-state index is 0.0557. The number of aromatic nitrogens is 2. The van der Waals surface area contributed by atoms with Gasteiger partial charge in [-0.2, -0.15) is 0 Å². The van der Waals surface area contributed by atoms with Crippen LogP contribution >= 0.6 is 0 Å². The van der Waals surface area contributed by atoms with Crippen LogP contribution < -0.4 is 9.47 Å². The number of fused-ring (bicyclic) bond motifs is 1. The summed E-state index contributed by atoms with van der Waals surface area (Å²) in [7, 11) is -0.132. The maximum Gasteiger partial charge on any atom is 0.231 e. The van der Waals surface area contributed by atoms with E-state index in [0.717, 1.165) is 29.3 Å². The summed E-state index contributed by atoms with van der Waals surface area (Å²) in [5.41, 5.74) is 1.13. The van der Waals surface area contributed by atoms with Crippen molar-refractivity contribution >= 4 is 10.0 Å². The van der Waals surface area contributed by atoms with Crippen molar-refractivity contribution in [2.24, 2.45) is 0 Å². The SMILES string of the molecule is C[C@H](Cc1ccc2c(c1)OCO2)c1nccn1CCS(=O)(=O)N(C)C. The third-order valence-electron chi connectivity index (χ3n) is 4.31. The van der Waals surface area contributed by atoms with E-state index in [1.165, 1.54) is 4.31 Å². The average Bonchev–Trinajstić information content (AvgIpc) is 3.21. The molecule has 0 saturated heterocycles. The summed E-state index contributed by atoms with van der Waals surface area (Å²) in [6.45, 7) is 2.74. The number of nitrogens with zero attached hydrogens (tertiary/aromatic N) is 3. The highest BCUT2D eigenvalue weighted by Crippen LogP contribution is 2.33. The van der Waals surface area contributed by atoms with Crippen LogP contribution in [0.5, 0.6) is 11.5 Å². The standard InChI is InChI=1S/C17H23N3O4S/c1-13(10-14-4-5-15-16(11-14)24-12-23-15)17-18-6-7-20(17)8-9-25(21,22)19(2)3/h4-7,11,13H,8-10,12H2,1-3H3/t13-/m1/s1. The minimum atomic E-state index is -3.23. The molecular weight excluding hydrogens is 342 g/mol. The van der Waals surface area contributed by atoms with Crippen LogP contribution in [0.1, 0.15) is 24.2 Å². The molecule has 0 amide bonds. The third-order valence-corrected chi connectivity index (χ3v) is 6.12. The molecule has 2 aromatic rings. The van der Waals surface area contributed by atoms with Gasteiger partial charge in [0.2, 0.25) is 16.8 Å². The van der Waals surface area contributed by atoms with Gasteiger partial charge in [-0.1, -0.05) is 13.0 Å². The van der Waals surface area contributed by atoms with E-state index in [4.69, 9.17) is 9.47 Å². The van der Waals surface area contributed by atoms with Gasteiger partial charge in [-0.05, 0) is 24.1 Å². The summed E-state index contributed by atoms with van der Waals surface area (Å²) in [6.07, 6.45) is 4.33. The fraction of sp³-hybridized carbons (Fsp3) is 0.471. The van der Waals surface area contributed by atoms with E-state index in [-0.39, 0.29) is 18.5 Å². The first-order valence-electron chi connectivity index (χ1n) is 8.16. The molecule has 25 heavy (non-hydrogen) atoms. The predicted octanol–water partition coefficient (Wildman–Crippen LogP) is 1.85. The lowest BCUT2D eigenvalue weighted by Crippen LogP contribution is -2.27. The summed E-state index contributed by atoms with van der Waals surface area (Å²) < 4.78 is 37.9. The van der Waals surface area contributed by atoms with Crippen molar-refractivity contribution < 1.29 is 17.9 Å². The molecule has 0 aliphatic carbocycles. The fourth-order valence-electron chi connectivity index (χ4n) is 2.85. The highest BCUT2D eigenvalue weighted by molar-refractivity contribution is 7.89. The van der Waals surface area contributed by atoms with Gasteiger partial charge in [0, 0.05) is 39.0 Å². The van der Waals surface area contributed by atoms with Crippen molar-refractivity contribution in [1.82, 2.24) is 13.9 Å².